The van der Waals surface area contributed by atoms with Crippen LogP contribution in [0.5, 0.6) is 0 Å². The van der Waals surface area contributed by atoms with Crippen molar-refractivity contribution in [1.29, 1.82) is 0 Å². The third-order valence-electron chi connectivity index (χ3n) is 2.95. The molecule has 0 radical (unpaired) electrons. The Morgan fingerprint density at radius 1 is 1.11 bits per heavy atom. The molecule has 1 nitrogen and oxygen atoms in total. The maximum absolute atomic E-state index is 3.82. The fourth-order valence-electron chi connectivity index (χ4n) is 2.01. The molecule has 0 aromatic heterocycles. The summed E-state index contributed by atoms with van der Waals surface area (Å²) in [5.74, 6) is 0. The zero-order valence-electron chi connectivity index (χ0n) is 10.8. The smallest absolute Gasteiger partial charge is 0.0400 e. The molecule has 0 fully saturated rings. The molecule has 0 amide bonds. The van der Waals surface area contributed by atoms with Gasteiger partial charge < -0.3 is 5.32 Å². The summed E-state index contributed by atoms with van der Waals surface area (Å²) in [6.07, 6.45) is 2.85. The summed E-state index contributed by atoms with van der Waals surface area (Å²) in [4.78, 5) is 0. The summed E-state index contributed by atoms with van der Waals surface area (Å²) >= 11 is 0. The number of hydrogen-bond acceptors (Lipinski definition) is 1. The van der Waals surface area contributed by atoms with E-state index < -0.39 is 0 Å². The monoisotopic (exact) mass is 237 g/mol. The van der Waals surface area contributed by atoms with Gasteiger partial charge in [-0.25, -0.2) is 0 Å². The van der Waals surface area contributed by atoms with Crippen molar-refractivity contribution >= 4 is 5.69 Å². The first-order chi connectivity index (χ1) is 8.79. The van der Waals surface area contributed by atoms with Gasteiger partial charge >= 0.3 is 0 Å². The standard InChI is InChI=1S/C17H19N/c1-3-7-16-12-14(2)10-11-17(16)18-13-15-8-5-4-6-9-15/h3-6,8-12,18H,1,7,13H2,2H3. The Kier molecular flexibility index (Phi) is 4.19. The van der Waals surface area contributed by atoms with Crippen LogP contribution in [0.25, 0.3) is 0 Å². The Hall–Kier alpha value is -2.02. The van der Waals surface area contributed by atoms with Crippen LogP contribution in [0.3, 0.4) is 0 Å². The van der Waals surface area contributed by atoms with Gasteiger partial charge in [0.15, 0.2) is 0 Å². The molecule has 18 heavy (non-hydrogen) atoms. The van der Waals surface area contributed by atoms with Crippen molar-refractivity contribution < 1.29 is 0 Å². The Bertz CT molecular complexity index is 514. The maximum atomic E-state index is 3.82. The highest BCUT2D eigenvalue weighted by Gasteiger charge is 2.01. The lowest BCUT2D eigenvalue weighted by molar-refractivity contribution is 1.12. The summed E-state index contributed by atoms with van der Waals surface area (Å²) in [7, 11) is 0. The SMILES string of the molecule is C=CCc1cc(C)ccc1NCc1ccccc1. The highest BCUT2D eigenvalue weighted by Crippen LogP contribution is 2.19. The van der Waals surface area contributed by atoms with Crippen molar-refractivity contribution in [3.05, 3.63) is 77.9 Å². The van der Waals surface area contributed by atoms with Gasteiger partial charge in [-0.15, -0.1) is 6.58 Å². The van der Waals surface area contributed by atoms with Crippen LogP contribution in [0.15, 0.2) is 61.2 Å². The van der Waals surface area contributed by atoms with Gasteiger partial charge in [0.05, 0.1) is 0 Å². The van der Waals surface area contributed by atoms with Crippen LogP contribution in [-0.4, -0.2) is 0 Å². The van der Waals surface area contributed by atoms with Gasteiger partial charge in [-0.2, -0.15) is 0 Å². The minimum absolute atomic E-state index is 0.855. The molecule has 0 heterocycles. The van der Waals surface area contributed by atoms with Gasteiger partial charge in [-0.05, 0) is 30.5 Å². The molecule has 0 saturated heterocycles. The Morgan fingerprint density at radius 2 is 1.89 bits per heavy atom. The first-order valence-corrected chi connectivity index (χ1v) is 6.28. The van der Waals surface area contributed by atoms with Crippen molar-refractivity contribution in [3.8, 4) is 0 Å². The third kappa shape index (κ3) is 3.24. The molecule has 0 unspecified atom stereocenters. The van der Waals surface area contributed by atoms with E-state index >= 15 is 0 Å². The lowest BCUT2D eigenvalue weighted by atomic mass is 10.1. The molecule has 0 aliphatic rings. The molecule has 1 heteroatoms. The highest BCUT2D eigenvalue weighted by atomic mass is 14.9. The average molecular weight is 237 g/mol. The lowest BCUT2D eigenvalue weighted by Gasteiger charge is -2.12. The molecular weight excluding hydrogens is 218 g/mol. The van der Waals surface area contributed by atoms with E-state index in [1.165, 1.54) is 22.4 Å². The minimum atomic E-state index is 0.855. The molecule has 0 saturated carbocycles. The maximum Gasteiger partial charge on any atom is 0.0400 e. The molecule has 92 valence electrons. The van der Waals surface area contributed by atoms with E-state index in [9.17, 15) is 0 Å². The summed E-state index contributed by atoms with van der Waals surface area (Å²) in [5, 5.41) is 3.49. The number of allylic oxidation sites excluding steroid dienone is 1. The second-order valence-corrected chi connectivity index (χ2v) is 4.49. The summed E-state index contributed by atoms with van der Waals surface area (Å²) in [6, 6.07) is 16.9. The van der Waals surface area contributed by atoms with Gasteiger partial charge in [0.25, 0.3) is 0 Å². The van der Waals surface area contributed by atoms with Gasteiger partial charge in [0.1, 0.15) is 0 Å². The topological polar surface area (TPSA) is 12.0 Å². The molecule has 2 aromatic rings. The zero-order chi connectivity index (χ0) is 12.8. The molecule has 0 spiro atoms. The van der Waals surface area contributed by atoms with E-state index in [-0.39, 0.29) is 0 Å². The van der Waals surface area contributed by atoms with E-state index in [0.29, 0.717) is 0 Å². The Balaban J connectivity index is 2.11. The summed E-state index contributed by atoms with van der Waals surface area (Å²) in [6.45, 7) is 6.79. The van der Waals surface area contributed by atoms with Crippen molar-refractivity contribution in [1.82, 2.24) is 0 Å². The van der Waals surface area contributed by atoms with Crippen molar-refractivity contribution in [2.45, 2.75) is 19.9 Å². The van der Waals surface area contributed by atoms with Crippen LogP contribution in [-0.2, 0) is 13.0 Å². The van der Waals surface area contributed by atoms with Crippen LogP contribution in [0.4, 0.5) is 5.69 Å². The number of benzene rings is 2. The number of nitrogens with one attached hydrogen (secondary N) is 1. The van der Waals surface area contributed by atoms with E-state index in [1.54, 1.807) is 0 Å². The molecular formula is C17H19N. The first-order valence-electron chi connectivity index (χ1n) is 6.28. The second kappa shape index (κ2) is 6.06. The highest BCUT2D eigenvalue weighted by molar-refractivity contribution is 5.53. The van der Waals surface area contributed by atoms with Crippen molar-refractivity contribution in [3.63, 3.8) is 0 Å². The number of rotatable bonds is 5. The van der Waals surface area contributed by atoms with Crippen molar-refractivity contribution in [2.24, 2.45) is 0 Å². The van der Waals surface area contributed by atoms with Crippen LogP contribution in [0.1, 0.15) is 16.7 Å². The minimum Gasteiger partial charge on any atom is -0.381 e. The molecule has 2 rings (SSSR count). The van der Waals surface area contributed by atoms with Crippen LogP contribution in [0.2, 0.25) is 0 Å². The summed E-state index contributed by atoms with van der Waals surface area (Å²) in [5.41, 5.74) is 5.09. The van der Waals surface area contributed by atoms with Gasteiger partial charge in [-0.3, -0.25) is 0 Å². The van der Waals surface area contributed by atoms with E-state index in [2.05, 4.69) is 61.3 Å². The van der Waals surface area contributed by atoms with Crippen LogP contribution >= 0.6 is 0 Å². The van der Waals surface area contributed by atoms with Gasteiger partial charge in [-0.1, -0.05) is 54.1 Å². The van der Waals surface area contributed by atoms with Crippen molar-refractivity contribution in [2.75, 3.05) is 5.32 Å². The first kappa shape index (κ1) is 12.4. The van der Waals surface area contributed by atoms with Crippen LogP contribution < -0.4 is 5.32 Å². The normalized spacial score (nSPS) is 10.1. The van der Waals surface area contributed by atoms with E-state index in [4.69, 9.17) is 0 Å². The Labute approximate surface area is 109 Å². The van der Waals surface area contributed by atoms with Crippen LogP contribution in [0, 0.1) is 6.92 Å². The fourth-order valence-corrected chi connectivity index (χ4v) is 2.01. The van der Waals surface area contributed by atoms with Gasteiger partial charge in [0.2, 0.25) is 0 Å². The predicted octanol–water partition coefficient (Wildman–Crippen LogP) is 4.34. The number of hydrogen-bond donors (Lipinski definition) is 1. The number of anilines is 1. The Morgan fingerprint density at radius 3 is 2.61 bits per heavy atom. The summed E-state index contributed by atoms with van der Waals surface area (Å²) < 4.78 is 0. The largest absolute Gasteiger partial charge is 0.381 e. The fraction of sp³-hybridized carbons (Fsp3) is 0.176. The molecule has 0 atom stereocenters. The van der Waals surface area contributed by atoms with E-state index in [0.717, 1.165) is 13.0 Å². The van der Waals surface area contributed by atoms with E-state index in [1.807, 2.05) is 12.1 Å². The second-order valence-electron chi connectivity index (χ2n) is 4.49. The number of aryl methyl sites for hydroxylation is 1. The molecule has 2 aromatic carbocycles. The van der Waals surface area contributed by atoms with Gasteiger partial charge in [0, 0.05) is 12.2 Å². The zero-order valence-corrected chi connectivity index (χ0v) is 10.8. The quantitative estimate of drug-likeness (QED) is 0.763. The molecule has 0 bridgehead atoms. The molecule has 0 aliphatic heterocycles. The molecule has 1 N–H and O–H groups in total. The average Bonchev–Trinajstić information content (AvgIpc) is 2.39. The third-order valence-corrected chi connectivity index (χ3v) is 2.95. The lowest BCUT2D eigenvalue weighted by Crippen LogP contribution is -2.02. The predicted molar refractivity (Wildman–Crippen MR) is 78.8 cm³/mol. The molecule has 0 aliphatic carbocycles.